The number of aromatic nitrogens is 1. The molecule has 0 aromatic carbocycles. The van der Waals surface area contributed by atoms with Crippen LogP contribution >= 0.6 is 11.3 Å². The molecule has 1 saturated carbocycles. The maximum atomic E-state index is 11.6. The lowest BCUT2D eigenvalue weighted by atomic mass is 10.2. The van der Waals surface area contributed by atoms with E-state index >= 15 is 0 Å². The second-order valence-corrected chi connectivity index (χ2v) is 5.17. The average Bonchev–Trinajstić information content (AvgIpc) is 2.90. The highest BCUT2D eigenvalue weighted by molar-refractivity contribution is 7.07. The Kier molecular flexibility index (Phi) is 4.33. The molecule has 2 rings (SSSR count). The highest BCUT2D eigenvalue weighted by Gasteiger charge is 2.16. The largest absolute Gasteiger partial charge is 0.352 e. The summed E-state index contributed by atoms with van der Waals surface area (Å²) in [6.45, 7) is 0.825. The van der Waals surface area contributed by atoms with Crippen molar-refractivity contribution >= 4 is 17.2 Å². The van der Waals surface area contributed by atoms with E-state index in [1.54, 1.807) is 5.38 Å². The quantitative estimate of drug-likeness (QED) is 0.720. The van der Waals surface area contributed by atoms with Crippen LogP contribution in [0.5, 0.6) is 0 Å². The van der Waals surface area contributed by atoms with E-state index in [0.29, 0.717) is 19.1 Å². The third kappa shape index (κ3) is 3.98. The van der Waals surface area contributed by atoms with Crippen molar-refractivity contribution in [3.05, 3.63) is 20.7 Å². The summed E-state index contributed by atoms with van der Waals surface area (Å²) in [5, 5.41) is 7.78. The van der Waals surface area contributed by atoms with Crippen LogP contribution in [0.1, 0.15) is 31.4 Å². The summed E-state index contributed by atoms with van der Waals surface area (Å²) in [6.07, 6.45) is 4.64. The van der Waals surface area contributed by atoms with E-state index in [9.17, 15) is 9.59 Å². The Balaban J connectivity index is 1.64. The molecule has 1 aromatic heterocycles. The summed E-state index contributed by atoms with van der Waals surface area (Å²) in [7, 11) is 0. The molecule has 1 aliphatic carbocycles. The molecule has 6 heteroatoms. The van der Waals surface area contributed by atoms with Gasteiger partial charge in [-0.25, -0.2) is 0 Å². The Labute approximate surface area is 104 Å². The predicted octanol–water partition coefficient (Wildman–Crippen LogP) is 0.585. The van der Waals surface area contributed by atoms with Crippen LogP contribution in [-0.2, 0) is 11.3 Å². The number of H-pyrrole nitrogens is 1. The molecular weight excluding hydrogens is 238 g/mol. The molecule has 3 N–H and O–H groups in total. The number of hydrogen-bond acceptors (Lipinski definition) is 4. The van der Waals surface area contributed by atoms with Crippen molar-refractivity contribution in [2.75, 3.05) is 6.54 Å². The van der Waals surface area contributed by atoms with Crippen molar-refractivity contribution in [1.29, 1.82) is 0 Å². The fourth-order valence-electron chi connectivity index (χ4n) is 2.06. The van der Waals surface area contributed by atoms with Crippen LogP contribution in [-0.4, -0.2) is 23.5 Å². The van der Waals surface area contributed by atoms with Crippen LogP contribution in [0.15, 0.2) is 10.2 Å². The first kappa shape index (κ1) is 12.3. The standard InChI is InChI=1S/C11H17N3O2S/c15-10(13-8-3-1-2-4-8)6-12-5-9-7-17-11(16)14-9/h7-8,12H,1-6H2,(H,13,15)(H,14,16). The molecule has 0 saturated heterocycles. The van der Waals surface area contributed by atoms with E-state index in [0.717, 1.165) is 29.9 Å². The molecule has 17 heavy (non-hydrogen) atoms. The normalized spacial score (nSPS) is 16.2. The number of hydrogen-bond donors (Lipinski definition) is 3. The van der Waals surface area contributed by atoms with Crippen LogP contribution in [0.3, 0.4) is 0 Å². The second-order valence-electron chi connectivity index (χ2n) is 4.33. The molecule has 94 valence electrons. The molecule has 0 aliphatic heterocycles. The molecule has 1 fully saturated rings. The van der Waals surface area contributed by atoms with Gasteiger partial charge in [-0.2, -0.15) is 0 Å². The number of carbonyl (C=O) groups excluding carboxylic acids is 1. The molecule has 1 heterocycles. The minimum atomic E-state index is -0.0581. The maximum absolute atomic E-state index is 11.6. The van der Waals surface area contributed by atoms with Crippen molar-refractivity contribution in [1.82, 2.24) is 15.6 Å². The smallest absolute Gasteiger partial charge is 0.304 e. The Morgan fingerprint density at radius 3 is 2.88 bits per heavy atom. The molecule has 1 aliphatic rings. The van der Waals surface area contributed by atoms with Crippen LogP contribution in [0.4, 0.5) is 0 Å². The summed E-state index contributed by atoms with van der Waals surface area (Å²) in [4.78, 5) is 25.1. The monoisotopic (exact) mass is 255 g/mol. The third-order valence-electron chi connectivity index (χ3n) is 2.89. The van der Waals surface area contributed by atoms with Crippen LogP contribution in [0.25, 0.3) is 0 Å². The van der Waals surface area contributed by atoms with Crippen molar-refractivity contribution in [2.24, 2.45) is 0 Å². The lowest BCUT2D eigenvalue weighted by molar-refractivity contribution is -0.120. The number of aromatic amines is 1. The third-order valence-corrected chi connectivity index (χ3v) is 3.61. The van der Waals surface area contributed by atoms with Crippen molar-refractivity contribution < 1.29 is 4.79 Å². The van der Waals surface area contributed by atoms with Gasteiger partial charge in [0.25, 0.3) is 0 Å². The molecule has 1 aromatic rings. The Morgan fingerprint density at radius 2 is 2.24 bits per heavy atom. The van der Waals surface area contributed by atoms with Gasteiger partial charge in [-0.05, 0) is 12.8 Å². The van der Waals surface area contributed by atoms with E-state index in [1.807, 2.05) is 0 Å². The predicted molar refractivity (Wildman–Crippen MR) is 67.0 cm³/mol. The molecule has 0 unspecified atom stereocenters. The second kappa shape index (κ2) is 5.97. The maximum Gasteiger partial charge on any atom is 0.304 e. The van der Waals surface area contributed by atoms with E-state index in [1.165, 1.54) is 12.8 Å². The number of carbonyl (C=O) groups is 1. The zero-order valence-corrected chi connectivity index (χ0v) is 10.4. The molecule has 0 atom stereocenters. The molecule has 0 spiro atoms. The lowest BCUT2D eigenvalue weighted by Gasteiger charge is -2.11. The number of amides is 1. The molecule has 5 nitrogen and oxygen atoms in total. The Hall–Kier alpha value is -1.14. The summed E-state index contributed by atoms with van der Waals surface area (Å²) >= 11 is 1.14. The van der Waals surface area contributed by atoms with Gasteiger partial charge in [0.05, 0.1) is 6.54 Å². The first-order valence-electron chi connectivity index (χ1n) is 5.91. The van der Waals surface area contributed by atoms with Gasteiger partial charge in [-0.15, -0.1) is 0 Å². The fraction of sp³-hybridized carbons (Fsp3) is 0.636. The topological polar surface area (TPSA) is 74.0 Å². The van der Waals surface area contributed by atoms with Gasteiger partial charge in [0.15, 0.2) is 0 Å². The van der Waals surface area contributed by atoms with Gasteiger partial charge in [0, 0.05) is 23.7 Å². The van der Waals surface area contributed by atoms with E-state index < -0.39 is 0 Å². The number of thiazole rings is 1. The number of rotatable bonds is 5. The van der Waals surface area contributed by atoms with Gasteiger partial charge in [-0.1, -0.05) is 24.2 Å². The van der Waals surface area contributed by atoms with Crippen LogP contribution < -0.4 is 15.5 Å². The lowest BCUT2D eigenvalue weighted by Crippen LogP contribution is -2.39. The van der Waals surface area contributed by atoms with E-state index in [2.05, 4.69) is 15.6 Å². The van der Waals surface area contributed by atoms with Crippen molar-refractivity contribution in [3.63, 3.8) is 0 Å². The van der Waals surface area contributed by atoms with Crippen LogP contribution in [0, 0.1) is 0 Å². The van der Waals surface area contributed by atoms with E-state index in [4.69, 9.17) is 0 Å². The zero-order chi connectivity index (χ0) is 12.1. The summed E-state index contributed by atoms with van der Waals surface area (Å²) in [5.74, 6) is 0.0366. The van der Waals surface area contributed by atoms with Gasteiger partial charge in [-0.3, -0.25) is 9.59 Å². The zero-order valence-electron chi connectivity index (χ0n) is 9.62. The van der Waals surface area contributed by atoms with Crippen molar-refractivity contribution in [2.45, 2.75) is 38.3 Å². The SMILES string of the molecule is O=C(CNCc1csc(=O)[nH]1)NC1CCCC1. The average molecular weight is 255 g/mol. The highest BCUT2D eigenvalue weighted by atomic mass is 32.1. The Bertz CT molecular complexity index is 420. The van der Waals surface area contributed by atoms with E-state index in [-0.39, 0.29) is 10.8 Å². The van der Waals surface area contributed by atoms with Crippen molar-refractivity contribution in [3.8, 4) is 0 Å². The fourth-order valence-corrected chi connectivity index (χ4v) is 2.64. The van der Waals surface area contributed by atoms with Gasteiger partial charge in [0.1, 0.15) is 0 Å². The highest BCUT2D eigenvalue weighted by Crippen LogP contribution is 2.17. The van der Waals surface area contributed by atoms with Gasteiger partial charge < -0.3 is 15.6 Å². The summed E-state index contributed by atoms with van der Waals surface area (Å²) in [6, 6.07) is 0.366. The Morgan fingerprint density at radius 1 is 1.47 bits per heavy atom. The minimum absolute atomic E-state index is 0.0366. The summed E-state index contributed by atoms with van der Waals surface area (Å²) < 4.78 is 0. The molecule has 0 bridgehead atoms. The first-order valence-corrected chi connectivity index (χ1v) is 6.79. The molecule has 1 amide bonds. The first-order chi connectivity index (χ1) is 8.24. The summed E-state index contributed by atoms with van der Waals surface area (Å²) in [5.41, 5.74) is 0.827. The minimum Gasteiger partial charge on any atom is -0.352 e. The molecule has 0 radical (unpaired) electrons. The van der Waals surface area contributed by atoms with Gasteiger partial charge in [0.2, 0.25) is 5.91 Å². The molecular formula is C11H17N3O2S. The number of nitrogens with one attached hydrogen (secondary N) is 3. The van der Waals surface area contributed by atoms with Gasteiger partial charge >= 0.3 is 4.87 Å². The van der Waals surface area contributed by atoms with Crippen LogP contribution in [0.2, 0.25) is 0 Å².